The molecule has 1 aliphatic heterocycles. The zero-order valence-corrected chi connectivity index (χ0v) is 21.0. The summed E-state index contributed by atoms with van der Waals surface area (Å²) < 4.78 is 0. The van der Waals surface area contributed by atoms with Crippen LogP contribution in [0, 0.1) is 12.8 Å². The predicted octanol–water partition coefficient (Wildman–Crippen LogP) is 3.00. The predicted molar refractivity (Wildman–Crippen MR) is 133 cm³/mol. The van der Waals surface area contributed by atoms with Gasteiger partial charge in [-0.1, -0.05) is 30.5 Å². The highest BCUT2D eigenvalue weighted by Gasteiger charge is 2.26. The van der Waals surface area contributed by atoms with Crippen molar-refractivity contribution >= 4 is 28.8 Å². The number of hydrazine groups is 1. The smallest absolute Gasteiger partial charge is 0.240 e. The van der Waals surface area contributed by atoms with E-state index in [0.29, 0.717) is 16.3 Å². The number of hydrogen-bond acceptors (Lipinski definition) is 7. The van der Waals surface area contributed by atoms with Crippen molar-refractivity contribution in [2.24, 2.45) is 5.92 Å². The van der Waals surface area contributed by atoms with Gasteiger partial charge in [0.15, 0.2) is 5.78 Å². The van der Waals surface area contributed by atoms with Crippen LogP contribution in [0.25, 0.3) is 0 Å². The molecule has 1 amide bonds. The van der Waals surface area contributed by atoms with Gasteiger partial charge in [-0.25, -0.2) is 9.99 Å². The molecule has 1 saturated heterocycles. The van der Waals surface area contributed by atoms with Crippen LogP contribution in [0.1, 0.15) is 57.9 Å². The summed E-state index contributed by atoms with van der Waals surface area (Å²) in [6, 6.07) is 5.82. The molecule has 1 saturated carbocycles. The second kappa shape index (κ2) is 11.3. The Morgan fingerprint density at radius 2 is 1.79 bits per heavy atom. The lowest BCUT2D eigenvalue weighted by Gasteiger charge is -2.32. The van der Waals surface area contributed by atoms with Crippen LogP contribution in [0.2, 0.25) is 0 Å². The standard InChI is InChI=1S/C26H34N4O3S/c1-18-7-8-20(23(13-18)26(33)19-5-3-4-6-19)14-22(31)16-25-27-21(17-34-25)15-24(32)28-30-11-9-29(2)10-12-30/h7-8,13,17,19H,3-6,9-12,14-16H2,1-2H3,(H,28,32). The topological polar surface area (TPSA) is 82.6 Å². The lowest BCUT2D eigenvalue weighted by molar-refractivity contribution is -0.126. The summed E-state index contributed by atoms with van der Waals surface area (Å²) >= 11 is 1.41. The number of aryl methyl sites for hydroxylation is 1. The van der Waals surface area contributed by atoms with Crippen molar-refractivity contribution in [1.29, 1.82) is 0 Å². The molecule has 0 radical (unpaired) electrons. The van der Waals surface area contributed by atoms with Gasteiger partial charge >= 0.3 is 0 Å². The fourth-order valence-electron chi connectivity index (χ4n) is 4.74. The molecule has 1 aliphatic carbocycles. The zero-order valence-electron chi connectivity index (χ0n) is 20.1. The molecule has 1 aromatic heterocycles. The number of carbonyl (C=O) groups is 3. The Hall–Kier alpha value is -2.42. The first kappa shape index (κ1) is 24.7. The number of nitrogens with one attached hydrogen (secondary N) is 1. The summed E-state index contributed by atoms with van der Waals surface area (Å²) in [5, 5.41) is 4.52. The fourth-order valence-corrected chi connectivity index (χ4v) is 5.56. The highest BCUT2D eigenvalue weighted by molar-refractivity contribution is 7.09. The van der Waals surface area contributed by atoms with Gasteiger partial charge in [0.1, 0.15) is 10.8 Å². The molecule has 2 heterocycles. The van der Waals surface area contributed by atoms with Crippen LogP contribution >= 0.6 is 11.3 Å². The van der Waals surface area contributed by atoms with Gasteiger partial charge in [0, 0.05) is 49.5 Å². The van der Waals surface area contributed by atoms with Crippen molar-refractivity contribution in [3.8, 4) is 0 Å². The average molecular weight is 483 g/mol. The van der Waals surface area contributed by atoms with E-state index in [9.17, 15) is 14.4 Å². The Balaban J connectivity index is 1.32. The number of ketones is 2. The molecule has 7 nitrogen and oxygen atoms in total. The van der Waals surface area contributed by atoms with Gasteiger partial charge in [0.05, 0.1) is 18.5 Å². The first-order valence-electron chi connectivity index (χ1n) is 12.2. The minimum Gasteiger partial charge on any atom is -0.304 e. The molecule has 182 valence electrons. The number of amides is 1. The van der Waals surface area contributed by atoms with Gasteiger partial charge < -0.3 is 4.90 Å². The van der Waals surface area contributed by atoms with E-state index in [1.807, 2.05) is 35.5 Å². The van der Waals surface area contributed by atoms with E-state index >= 15 is 0 Å². The van der Waals surface area contributed by atoms with E-state index in [1.165, 1.54) is 11.3 Å². The number of carbonyl (C=O) groups excluding carboxylic acids is 3. The van der Waals surface area contributed by atoms with Crippen molar-refractivity contribution in [3.63, 3.8) is 0 Å². The molecule has 2 aromatic rings. The Labute approximate surface area is 205 Å². The molecule has 0 unspecified atom stereocenters. The van der Waals surface area contributed by atoms with Crippen molar-refractivity contribution in [1.82, 2.24) is 20.3 Å². The minimum atomic E-state index is -0.0811. The second-order valence-electron chi connectivity index (χ2n) is 9.63. The monoisotopic (exact) mass is 482 g/mol. The molecule has 0 bridgehead atoms. The Bertz CT molecular complexity index is 1040. The molecule has 4 rings (SSSR count). The SMILES string of the molecule is Cc1ccc(CC(=O)Cc2nc(CC(=O)NN3CCN(C)CC3)cs2)c(C(=O)C2CCCC2)c1. The number of Topliss-reactive ketones (excluding diaryl/α,β-unsaturated/α-hetero) is 2. The van der Waals surface area contributed by atoms with Gasteiger partial charge in [-0.3, -0.25) is 19.8 Å². The molecule has 0 atom stereocenters. The highest BCUT2D eigenvalue weighted by Crippen LogP contribution is 2.29. The molecule has 1 aromatic carbocycles. The number of likely N-dealkylation sites (N-methyl/N-ethyl adjacent to an activating group) is 1. The minimum absolute atomic E-state index is 0.0344. The third-order valence-electron chi connectivity index (χ3n) is 6.72. The van der Waals surface area contributed by atoms with Crippen molar-refractivity contribution < 1.29 is 14.4 Å². The highest BCUT2D eigenvalue weighted by atomic mass is 32.1. The largest absolute Gasteiger partial charge is 0.304 e. The van der Waals surface area contributed by atoms with Crippen LogP contribution in [0.15, 0.2) is 23.6 Å². The first-order valence-corrected chi connectivity index (χ1v) is 13.1. The van der Waals surface area contributed by atoms with Gasteiger partial charge in [-0.2, -0.15) is 0 Å². The maximum atomic E-state index is 13.1. The van der Waals surface area contributed by atoms with E-state index < -0.39 is 0 Å². The van der Waals surface area contributed by atoms with E-state index in [1.54, 1.807) is 0 Å². The van der Waals surface area contributed by atoms with Gasteiger partial charge in [0.25, 0.3) is 0 Å². The van der Waals surface area contributed by atoms with Crippen LogP contribution in [0.3, 0.4) is 0 Å². The van der Waals surface area contributed by atoms with E-state index in [2.05, 4.69) is 22.4 Å². The lowest BCUT2D eigenvalue weighted by atomic mass is 9.90. The summed E-state index contributed by atoms with van der Waals surface area (Å²) in [6.07, 6.45) is 4.76. The normalized spacial score (nSPS) is 17.7. The molecule has 2 aliphatic rings. The Kier molecular flexibility index (Phi) is 8.24. The van der Waals surface area contributed by atoms with Gasteiger partial charge in [0.2, 0.25) is 5.91 Å². The van der Waals surface area contributed by atoms with Crippen molar-refractivity contribution in [2.45, 2.75) is 51.9 Å². The van der Waals surface area contributed by atoms with Crippen LogP contribution in [-0.4, -0.2) is 65.6 Å². The van der Waals surface area contributed by atoms with Crippen LogP contribution in [0.4, 0.5) is 0 Å². The number of rotatable bonds is 9. The number of thiazole rings is 1. The molecule has 2 fully saturated rings. The van der Waals surface area contributed by atoms with E-state index in [4.69, 9.17) is 0 Å². The molecule has 0 spiro atoms. The quantitative estimate of drug-likeness (QED) is 0.554. The molecule has 8 heteroatoms. The fraction of sp³-hybridized carbons (Fsp3) is 0.538. The number of benzene rings is 1. The van der Waals surface area contributed by atoms with Crippen molar-refractivity contribution in [2.75, 3.05) is 33.2 Å². The number of aromatic nitrogens is 1. The van der Waals surface area contributed by atoms with Gasteiger partial charge in [-0.05, 0) is 38.4 Å². The first-order chi connectivity index (χ1) is 16.4. The second-order valence-corrected chi connectivity index (χ2v) is 10.6. The summed E-state index contributed by atoms with van der Waals surface area (Å²) in [5.41, 5.74) is 6.20. The average Bonchev–Trinajstić information content (AvgIpc) is 3.48. The maximum absolute atomic E-state index is 13.1. The van der Waals surface area contributed by atoms with Crippen LogP contribution < -0.4 is 5.43 Å². The summed E-state index contributed by atoms with van der Waals surface area (Å²) in [4.78, 5) is 45.0. The Morgan fingerprint density at radius 1 is 1.06 bits per heavy atom. The molecule has 34 heavy (non-hydrogen) atoms. The number of piperazine rings is 1. The summed E-state index contributed by atoms with van der Waals surface area (Å²) in [7, 11) is 2.07. The molecule has 1 N–H and O–H groups in total. The Morgan fingerprint density at radius 3 is 2.53 bits per heavy atom. The maximum Gasteiger partial charge on any atom is 0.240 e. The third-order valence-corrected chi connectivity index (χ3v) is 7.62. The number of nitrogens with zero attached hydrogens (tertiary/aromatic N) is 3. The third kappa shape index (κ3) is 6.58. The van der Waals surface area contributed by atoms with E-state index in [-0.39, 0.29) is 42.7 Å². The lowest BCUT2D eigenvalue weighted by Crippen LogP contribution is -2.52. The van der Waals surface area contributed by atoms with Gasteiger partial charge in [-0.15, -0.1) is 11.3 Å². The molecular formula is C26H34N4O3S. The summed E-state index contributed by atoms with van der Waals surface area (Å²) in [5.74, 6) is 0.232. The molecular weight excluding hydrogens is 448 g/mol. The van der Waals surface area contributed by atoms with E-state index in [0.717, 1.165) is 63.0 Å². The van der Waals surface area contributed by atoms with Crippen LogP contribution in [0.5, 0.6) is 0 Å². The van der Waals surface area contributed by atoms with Crippen molar-refractivity contribution in [3.05, 3.63) is 51.0 Å². The number of hydrogen-bond donors (Lipinski definition) is 1. The summed E-state index contributed by atoms with van der Waals surface area (Å²) in [6.45, 7) is 5.46. The zero-order chi connectivity index (χ0) is 24.1. The van der Waals surface area contributed by atoms with Crippen LogP contribution in [-0.2, 0) is 28.9 Å².